The molecule has 0 spiro atoms. The highest BCUT2D eigenvalue weighted by atomic mass is 16.5. The first kappa shape index (κ1) is 11.9. The quantitative estimate of drug-likeness (QED) is 0.452. The van der Waals surface area contributed by atoms with Crippen LogP contribution in [-0.2, 0) is 9.53 Å². The predicted molar refractivity (Wildman–Crippen MR) is 49.0 cm³/mol. The molecule has 0 aliphatic carbocycles. The van der Waals surface area contributed by atoms with Gasteiger partial charge in [-0.05, 0) is 19.9 Å². The van der Waals surface area contributed by atoms with Crippen LogP contribution in [0.4, 0.5) is 0 Å². The first-order valence-corrected chi connectivity index (χ1v) is 4.49. The third-order valence-electron chi connectivity index (χ3n) is 1.49. The van der Waals surface area contributed by atoms with Gasteiger partial charge in [-0.3, -0.25) is 9.69 Å². The first-order chi connectivity index (χ1) is 6.24. The highest BCUT2D eigenvalue weighted by Crippen LogP contribution is 1.91. The van der Waals surface area contributed by atoms with Gasteiger partial charge in [-0.2, -0.15) is 5.26 Å². The Bertz CT molecular complexity index is 187. The standard InChI is InChI=1S/C9H16N2O2/c1-3-6-11(7-5-10)8-9(12)13-4-2/h3-4,6-8H2,1-2H3. The molecule has 0 saturated heterocycles. The van der Waals surface area contributed by atoms with Crippen molar-refractivity contribution in [3.63, 3.8) is 0 Å². The maximum atomic E-state index is 11.0. The molecule has 0 atom stereocenters. The summed E-state index contributed by atoms with van der Waals surface area (Å²) in [7, 11) is 0. The molecule has 0 bridgehead atoms. The molecule has 4 heteroatoms. The largest absolute Gasteiger partial charge is 0.465 e. The summed E-state index contributed by atoms with van der Waals surface area (Å²) in [5.41, 5.74) is 0. The number of carbonyl (C=O) groups excluding carboxylic acids is 1. The molecule has 0 aromatic heterocycles. The van der Waals surface area contributed by atoms with E-state index in [4.69, 9.17) is 10.00 Å². The Morgan fingerprint density at radius 2 is 2.23 bits per heavy atom. The topological polar surface area (TPSA) is 53.3 Å². The molecule has 0 N–H and O–H groups in total. The second kappa shape index (κ2) is 7.56. The maximum Gasteiger partial charge on any atom is 0.320 e. The summed E-state index contributed by atoms with van der Waals surface area (Å²) >= 11 is 0. The number of nitrogens with zero attached hydrogens (tertiary/aromatic N) is 2. The lowest BCUT2D eigenvalue weighted by Crippen LogP contribution is -2.32. The molecule has 0 rings (SSSR count). The van der Waals surface area contributed by atoms with Crippen LogP contribution in [0.25, 0.3) is 0 Å². The molecule has 0 radical (unpaired) electrons. The molecular weight excluding hydrogens is 168 g/mol. The third kappa shape index (κ3) is 6.12. The van der Waals surface area contributed by atoms with Crippen LogP contribution >= 0.6 is 0 Å². The fraction of sp³-hybridized carbons (Fsp3) is 0.778. The van der Waals surface area contributed by atoms with Gasteiger partial charge in [0.15, 0.2) is 0 Å². The maximum absolute atomic E-state index is 11.0. The van der Waals surface area contributed by atoms with E-state index in [1.165, 1.54) is 0 Å². The molecule has 4 nitrogen and oxygen atoms in total. The van der Waals surface area contributed by atoms with Crippen LogP contribution in [0.1, 0.15) is 20.3 Å². The molecular formula is C9H16N2O2. The van der Waals surface area contributed by atoms with Crippen molar-refractivity contribution in [2.24, 2.45) is 0 Å². The van der Waals surface area contributed by atoms with Crippen LogP contribution < -0.4 is 0 Å². The van der Waals surface area contributed by atoms with Crippen molar-refractivity contribution in [1.82, 2.24) is 4.90 Å². The minimum Gasteiger partial charge on any atom is -0.465 e. The van der Waals surface area contributed by atoms with Crippen LogP contribution in [0.5, 0.6) is 0 Å². The van der Waals surface area contributed by atoms with E-state index >= 15 is 0 Å². The van der Waals surface area contributed by atoms with E-state index in [-0.39, 0.29) is 19.1 Å². The highest BCUT2D eigenvalue weighted by Gasteiger charge is 2.09. The Morgan fingerprint density at radius 3 is 2.69 bits per heavy atom. The van der Waals surface area contributed by atoms with Gasteiger partial charge in [0.05, 0.1) is 25.8 Å². The van der Waals surface area contributed by atoms with Crippen molar-refractivity contribution in [3.05, 3.63) is 0 Å². The second-order valence-electron chi connectivity index (χ2n) is 2.67. The summed E-state index contributed by atoms with van der Waals surface area (Å²) in [5, 5.41) is 8.46. The molecule has 0 aliphatic heterocycles. The smallest absolute Gasteiger partial charge is 0.320 e. The summed E-state index contributed by atoms with van der Waals surface area (Å²) in [6.45, 7) is 5.43. The zero-order chi connectivity index (χ0) is 10.1. The molecule has 0 heterocycles. The highest BCUT2D eigenvalue weighted by molar-refractivity contribution is 5.71. The van der Waals surface area contributed by atoms with E-state index in [9.17, 15) is 4.79 Å². The monoisotopic (exact) mass is 184 g/mol. The average molecular weight is 184 g/mol. The average Bonchev–Trinajstić information content (AvgIpc) is 2.05. The van der Waals surface area contributed by atoms with Gasteiger partial charge in [-0.15, -0.1) is 0 Å². The van der Waals surface area contributed by atoms with E-state index in [2.05, 4.69) is 0 Å². The summed E-state index contributed by atoms with van der Waals surface area (Å²) in [4.78, 5) is 12.8. The van der Waals surface area contributed by atoms with E-state index in [0.29, 0.717) is 6.61 Å². The Balaban J connectivity index is 3.80. The lowest BCUT2D eigenvalue weighted by atomic mass is 10.4. The number of rotatable bonds is 6. The van der Waals surface area contributed by atoms with Crippen molar-refractivity contribution < 1.29 is 9.53 Å². The summed E-state index contributed by atoms with van der Waals surface area (Å²) in [6, 6.07) is 2.02. The molecule has 0 aliphatic rings. The zero-order valence-electron chi connectivity index (χ0n) is 8.25. The molecule has 0 fully saturated rings. The van der Waals surface area contributed by atoms with Crippen LogP contribution in [0.2, 0.25) is 0 Å². The van der Waals surface area contributed by atoms with E-state index in [0.717, 1.165) is 13.0 Å². The molecule has 0 unspecified atom stereocenters. The molecule has 0 aromatic carbocycles. The molecule has 0 saturated carbocycles. The number of hydrogen-bond acceptors (Lipinski definition) is 4. The van der Waals surface area contributed by atoms with Crippen molar-refractivity contribution in [3.8, 4) is 6.07 Å². The van der Waals surface area contributed by atoms with Crippen molar-refractivity contribution in [2.45, 2.75) is 20.3 Å². The van der Waals surface area contributed by atoms with Crippen LogP contribution in [0.3, 0.4) is 0 Å². The van der Waals surface area contributed by atoms with Gasteiger partial charge in [0.1, 0.15) is 0 Å². The van der Waals surface area contributed by atoms with E-state index < -0.39 is 0 Å². The minimum atomic E-state index is -0.258. The van der Waals surface area contributed by atoms with Crippen molar-refractivity contribution in [2.75, 3.05) is 26.2 Å². The van der Waals surface area contributed by atoms with E-state index in [1.54, 1.807) is 11.8 Å². The third-order valence-corrected chi connectivity index (χ3v) is 1.49. The minimum absolute atomic E-state index is 0.217. The Hall–Kier alpha value is -1.08. The fourth-order valence-electron chi connectivity index (χ4n) is 1.02. The number of esters is 1. The number of hydrogen-bond donors (Lipinski definition) is 0. The fourth-order valence-corrected chi connectivity index (χ4v) is 1.02. The van der Waals surface area contributed by atoms with Crippen molar-refractivity contribution >= 4 is 5.97 Å². The first-order valence-electron chi connectivity index (χ1n) is 4.49. The lowest BCUT2D eigenvalue weighted by molar-refractivity contribution is -0.144. The van der Waals surface area contributed by atoms with Gasteiger partial charge in [-0.1, -0.05) is 6.92 Å². The zero-order valence-corrected chi connectivity index (χ0v) is 8.25. The Kier molecular flexibility index (Phi) is 6.93. The van der Waals surface area contributed by atoms with Crippen molar-refractivity contribution in [1.29, 1.82) is 5.26 Å². The van der Waals surface area contributed by atoms with Gasteiger partial charge in [0.2, 0.25) is 0 Å². The summed E-state index contributed by atoms with van der Waals surface area (Å²) < 4.78 is 4.78. The molecule has 13 heavy (non-hydrogen) atoms. The van der Waals surface area contributed by atoms with Gasteiger partial charge in [0, 0.05) is 0 Å². The summed E-state index contributed by atoms with van der Waals surface area (Å²) in [6.07, 6.45) is 0.932. The SMILES string of the molecule is CCCN(CC#N)CC(=O)OCC. The summed E-state index contributed by atoms with van der Waals surface area (Å²) in [5.74, 6) is -0.258. The Morgan fingerprint density at radius 1 is 1.54 bits per heavy atom. The number of nitriles is 1. The van der Waals surface area contributed by atoms with Gasteiger partial charge in [-0.25, -0.2) is 0 Å². The van der Waals surface area contributed by atoms with Crippen LogP contribution in [0, 0.1) is 11.3 Å². The van der Waals surface area contributed by atoms with Crippen LogP contribution in [-0.4, -0.2) is 37.1 Å². The normalized spacial score (nSPS) is 9.69. The van der Waals surface area contributed by atoms with E-state index in [1.807, 2.05) is 13.0 Å². The lowest BCUT2D eigenvalue weighted by Gasteiger charge is -2.16. The van der Waals surface area contributed by atoms with Crippen LogP contribution in [0.15, 0.2) is 0 Å². The molecule has 0 aromatic rings. The second-order valence-corrected chi connectivity index (χ2v) is 2.67. The van der Waals surface area contributed by atoms with Gasteiger partial charge >= 0.3 is 5.97 Å². The predicted octanol–water partition coefficient (Wildman–Crippen LogP) is 0.785. The number of ether oxygens (including phenoxy) is 1. The molecule has 74 valence electrons. The Labute approximate surface area is 79.1 Å². The van der Waals surface area contributed by atoms with Gasteiger partial charge in [0.25, 0.3) is 0 Å². The number of carbonyl (C=O) groups is 1. The van der Waals surface area contributed by atoms with Gasteiger partial charge < -0.3 is 4.74 Å². The molecule has 0 amide bonds.